The second-order valence-corrected chi connectivity index (χ2v) is 21.0. The summed E-state index contributed by atoms with van der Waals surface area (Å²) in [7, 11) is -4.62. The van der Waals surface area contributed by atoms with Crippen molar-refractivity contribution in [3.8, 4) is 0 Å². The first-order valence-corrected chi connectivity index (χ1v) is 16.7. The van der Waals surface area contributed by atoms with Crippen molar-refractivity contribution in [3.63, 3.8) is 0 Å². The first-order valence-electron chi connectivity index (χ1n) is 10.9. The molecule has 4 atom stereocenters. The van der Waals surface area contributed by atoms with Crippen molar-refractivity contribution in [2.45, 2.75) is 102 Å². The smallest absolute Gasteiger partial charge is 0.330 e. The van der Waals surface area contributed by atoms with Gasteiger partial charge in [-0.25, -0.2) is 4.79 Å². The molecule has 9 nitrogen and oxygen atoms in total. The first-order chi connectivity index (χ1) is 14.4. The molecule has 1 fully saturated rings. The zero-order valence-electron chi connectivity index (χ0n) is 20.9. The van der Waals surface area contributed by atoms with E-state index in [4.69, 9.17) is 13.6 Å². The van der Waals surface area contributed by atoms with Crippen LogP contribution in [0.25, 0.3) is 0 Å². The number of aromatic nitrogens is 2. The molecule has 2 N–H and O–H groups in total. The van der Waals surface area contributed by atoms with Gasteiger partial charge in [0.1, 0.15) is 18.3 Å². The summed E-state index contributed by atoms with van der Waals surface area (Å²) >= 11 is 0. The topological polar surface area (TPSA) is 115 Å². The fraction of sp³-hybridized carbons (Fsp3) is 0.762. The largest absolute Gasteiger partial charge is 0.411 e. The Balaban J connectivity index is 2.62. The standard InChI is InChI=1S/C21H39N3O6Si2/c1-20(2,3)31(7,8)29-16-14(13-22-27)28-18(24-12-11-15(25)23-19(24)26)17(16)30-32(9,10)21(4,5)6/h11-14,16-18,27H,1-10H3,(H,23,25,26). The average Bonchev–Trinajstić information content (AvgIpc) is 2.90. The Labute approximate surface area is 192 Å². The van der Waals surface area contributed by atoms with Crippen molar-refractivity contribution in [1.29, 1.82) is 0 Å². The van der Waals surface area contributed by atoms with E-state index in [0.29, 0.717) is 0 Å². The molecule has 32 heavy (non-hydrogen) atoms. The van der Waals surface area contributed by atoms with Gasteiger partial charge in [0.2, 0.25) is 0 Å². The minimum absolute atomic E-state index is 0.0810. The zero-order chi connectivity index (χ0) is 24.7. The van der Waals surface area contributed by atoms with Crippen LogP contribution < -0.4 is 11.2 Å². The van der Waals surface area contributed by atoms with Gasteiger partial charge in [0.15, 0.2) is 22.9 Å². The maximum atomic E-state index is 12.6. The molecule has 0 radical (unpaired) electrons. The van der Waals surface area contributed by atoms with Gasteiger partial charge >= 0.3 is 5.69 Å². The van der Waals surface area contributed by atoms with Gasteiger partial charge in [-0.05, 0) is 36.3 Å². The Kier molecular flexibility index (Phi) is 7.52. The molecule has 1 saturated heterocycles. The number of H-pyrrole nitrogens is 1. The molecule has 11 heteroatoms. The van der Waals surface area contributed by atoms with E-state index in [1.54, 1.807) is 0 Å². The molecule has 1 aliphatic heterocycles. The Morgan fingerprint density at radius 3 is 1.97 bits per heavy atom. The quantitative estimate of drug-likeness (QED) is 0.275. The number of ether oxygens (including phenoxy) is 1. The Hall–Kier alpha value is -1.54. The van der Waals surface area contributed by atoms with Crippen molar-refractivity contribution in [3.05, 3.63) is 33.1 Å². The third-order valence-electron chi connectivity index (χ3n) is 7.04. The highest BCUT2D eigenvalue weighted by Gasteiger charge is 2.54. The lowest BCUT2D eigenvalue weighted by atomic mass is 10.1. The van der Waals surface area contributed by atoms with E-state index in [1.807, 2.05) is 0 Å². The second kappa shape index (κ2) is 9.01. The lowest BCUT2D eigenvalue weighted by Gasteiger charge is -2.43. The number of rotatable bonds is 6. The van der Waals surface area contributed by atoms with Gasteiger partial charge in [-0.2, -0.15) is 0 Å². The van der Waals surface area contributed by atoms with E-state index in [0.717, 1.165) is 0 Å². The molecular formula is C21H39N3O6Si2. The van der Waals surface area contributed by atoms with E-state index in [2.05, 4.69) is 77.9 Å². The van der Waals surface area contributed by atoms with Crippen LogP contribution in [0.2, 0.25) is 36.3 Å². The molecule has 1 aromatic rings. The molecule has 0 amide bonds. The highest BCUT2D eigenvalue weighted by molar-refractivity contribution is 6.74. The van der Waals surface area contributed by atoms with Crippen molar-refractivity contribution in [2.75, 3.05) is 0 Å². The summed E-state index contributed by atoms with van der Waals surface area (Å²) in [5.41, 5.74) is -1.09. The van der Waals surface area contributed by atoms with E-state index in [9.17, 15) is 14.8 Å². The van der Waals surface area contributed by atoms with Gasteiger partial charge in [0.25, 0.3) is 5.56 Å². The number of nitrogens with zero attached hydrogens (tertiary/aromatic N) is 2. The van der Waals surface area contributed by atoms with Gasteiger partial charge in [-0.15, -0.1) is 0 Å². The highest BCUT2D eigenvalue weighted by atomic mass is 28.4. The minimum Gasteiger partial charge on any atom is -0.411 e. The summed E-state index contributed by atoms with van der Waals surface area (Å²) in [4.78, 5) is 26.5. The monoisotopic (exact) mass is 485 g/mol. The molecule has 0 aliphatic carbocycles. The highest BCUT2D eigenvalue weighted by Crippen LogP contribution is 2.45. The van der Waals surface area contributed by atoms with Crippen LogP contribution in [0.3, 0.4) is 0 Å². The maximum absolute atomic E-state index is 12.6. The zero-order valence-corrected chi connectivity index (χ0v) is 22.9. The lowest BCUT2D eigenvalue weighted by molar-refractivity contribution is -0.0206. The molecule has 182 valence electrons. The number of nitrogens with one attached hydrogen (secondary N) is 1. The Bertz CT molecular complexity index is 942. The molecule has 1 aliphatic rings. The van der Waals surface area contributed by atoms with Crippen LogP contribution in [0.4, 0.5) is 0 Å². The second-order valence-electron chi connectivity index (χ2n) is 11.5. The van der Waals surface area contributed by atoms with Crippen molar-refractivity contribution in [2.24, 2.45) is 5.16 Å². The molecule has 2 rings (SSSR count). The predicted molar refractivity (Wildman–Crippen MR) is 130 cm³/mol. The van der Waals surface area contributed by atoms with Crippen molar-refractivity contribution in [1.82, 2.24) is 9.55 Å². The molecule has 2 heterocycles. The number of hydrogen-bond donors (Lipinski definition) is 2. The fourth-order valence-corrected chi connectivity index (χ4v) is 5.58. The lowest BCUT2D eigenvalue weighted by Crippen LogP contribution is -2.54. The third-order valence-corrected chi connectivity index (χ3v) is 16.0. The van der Waals surface area contributed by atoms with Crippen LogP contribution >= 0.6 is 0 Å². The van der Waals surface area contributed by atoms with Gasteiger partial charge in [0.05, 0.1) is 6.21 Å². The van der Waals surface area contributed by atoms with Gasteiger partial charge in [-0.1, -0.05) is 46.7 Å². The fourth-order valence-electron chi connectivity index (χ4n) is 3.00. The summed E-state index contributed by atoms with van der Waals surface area (Å²) in [6, 6.07) is 1.27. The summed E-state index contributed by atoms with van der Waals surface area (Å²) in [5.74, 6) is 0. The van der Waals surface area contributed by atoms with Crippen molar-refractivity contribution < 1.29 is 18.8 Å². The summed E-state index contributed by atoms with van der Waals surface area (Å²) in [6.45, 7) is 21.3. The molecule has 0 aromatic carbocycles. The van der Waals surface area contributed by atoms with Gasteiger partial charge in [0, 0.05) is 12.3 Å². The predicted octanol–water partition coefficient (Wildman–Crippen LogP) is 3.67. The van der Waals surface area contributed by atoms with Crippen LogP contribution in [0.1, 0.15) is 47.8 Å². The molecule has 4 unspecified atom stereocenters. The van der Waals surface area contributed by atoms with Crippen LogP contribution in [-0.2, 0) is 13.6 Å². The third kappa shape index (κ3) is 5.50. The van der Waals surface area contributed by atoms with Crippen LogP contribution in [0.15, 0.2) is 27.0 Å². The normalized spacial score (nSPS) is 25.6. The summed E-state index contributed by atoms with van der Waals surface area (Å²) in [5, 5.41) is 12.3. The van der Waals surface area contributed by atoms with E-state index < -0.39 is 52.4 Å². The van der Waals surface area contributed by atoms with Crippen LogP contribution in [0, 0.1) is 0 Å². The molecular weight excluding hydrogens is 446 g/mol. The minimum atomic E-state index is -2.33. The van der Waals surface area contributed by atoms with Gasteiger partial charge < -0.3 is 18.8 Å². The number of oxime groups is 1. The maximum Gasteiger partial charge on any atom is 0.330 e. The van der Waals surface area contributed by atoms with Crippen LogP contribution in [0.5, 0.6) is 0 Å². The molecule has 0 spiro atoms. The number of hydrogen-bond acceptors (Lipinski definition) is 7. The SMILES string of the molecule is CC(C)(C)[Si](C)(C)OC1C(C=NO)OC(n2ccc(=O)[nH]c2=O)C1O[Si](C)(C)C(C)(C)C. The van der Waals surface area contributed by atoms with E-state index in [1.165, 1.54) is 23.0 Å². The summed E-state index contributed by atoms with van der Waals surface area (Å²) in [6.07, 6.45) is -0.146. The van der Waals surface area contributed by atoms with E-state index >= 15 is 0 Å². The van der Waals surface area contributed by atoms with Crippen LogP contribution in [-0.4, -0.2) is 55.9 Å². The average molecular weight is 486 g/mol. The van der Waals surface area contributed by atoms with Gasteiger partial charge in [-0.3, -0.25) is 14.3 Å². The summed E-state index contributed by atoms with van der Waals surface area (Å²) < 4.78 is 21.0. The molecule has 0 saturated carbocycles. The number of aromatic amines is 1. The van der Waals surface area contributed by atoms with Crippen molar-refractivity contribution >= 4 is 22.8 Å². The molecule has 1 aromatic heterocycles. The van der Waals surface area contributed by atoms with E-state index in [-0.39, 0.29) is 10.1 Å². The first kappa shape index (κ1) is 26.7. The Morgan fingerprint density at radius 1 is 1.03 bits per heavy atom. The molecule has 0 bridgehead atoms. The Morgan fingerprint density at radius 2 is 1.53 bits per heavy atom.